The summed E-state index contributed by atoms with van der Waals surface area (Å²) in [5, 5.41) is 11.8. The molecule has 10 rings (SSSR count). The van der Waals surface area contributed by atoms with Gasteiger partial charge < -0.3 is 30.7 Å². The molecule has 0 spiro atoms. The second-order valence-electron chi connectivity index (χ2n) is 16.0. The maximum absolute atomic E-state index is 13.9. The van der Waals surface area contributed by atoms with E-state index >= 15 is 0 Å². The van der Waals surface area contributed by atoms with Crippen molar-refractivity contribution in [2.24, 2.45) is 0 Å². The van der Waals surface area contributed by atoms with Crippen molar-refractivity contribution in [3.63, 3.8) is 0 Å². The number of hydrogen-bond acceptors (Lipinski definition) is 11. The van der Waals surface area contributed by atoms with Gasteiger partial charge in [-0.15, -0.1) is 0 Å². The summed E-state index contributed by atoms with van der Waals surface area (Å²) in [4.78, 5) is 32.0. The first-order chi connectivity index (χ1) is 30.4. The fourth-order valence-electron chi connectivity index (χ4n) is 8.83. The number of hydrogen-bond donors (Lipinski definition) is 2. The van der Waals surface area contributed by atoms with E-state index in [0.717, 1.165) is 83.9 Å². The number of ether oxygens (including phenoxy) is 2. The Balaban J connectivity index is 0.812. The van der Waals surface area contributed by atoms with Crippen LogP contribution in [-0.4, -0.2) is 82.9 Å². The molecular formula is C48H47N11O3. The standard InChI is InChI=1S/C48H47N11O3/c49-40-23-25-51-47-42(40)44(32-15-19-38(20-16-32)61-36-11-3-1-4-12-36)54-58(47)34-9-7-26-56(29-34)28-24-41(60)57-27-8-10-35(30-57)59-48-43(46(50)52-31-53-48)45(55-59)33-17-21-39(22-18-33)62-37-13-5-2-6-14-37/h1-6,11-23,25,31,34-35H,7-10,24,26-30H2,(H2,49,51)(H2,50,52,53)/t34?,35-/m1/s1. The zero-order valence-corrected chi connectivity index (χ0v) is 34.3. The van der Waals surface area contributed by atoms with Gasteiger partial charge in [0.2, 0.25) is 5.91 Å². The molecule has 14 heteroatoms. The molecule has 0 radical (unpaired) electrons. The van der Waals surface area contributed by atoms with Crippen LogP contribution < -0.4 is 20.9 Å². The number of nitrogens with zero attached hydrogens (tertiary/aromatic N) is 9. The summed E-state index contributed by atoms with van der Waals surface area (Å²) in [6, 6.07) is 36.9. The Morgan fingerprint density at radius 2 is 1.16 bits per heavy atom. The molecule has 0 bridgehead atoms. The largest absolute Gasteiger partial charge is 0.457 e. The molecule has 2 saturated heterocycles. The average molecular weight is 826 g/mol. The molecule has 14 nitrogen and oxygen atoms in total. The maximum atomic E-state index is 13.9. The second kappa shape index (κ2) is 17.0. The molecule has 4 aromatic heterocycles. The van der Waals surface area contributed by atoms with Crippen molar-refractivity contribution in [2.45, 2.75) is 44.2 Å². The molecule has 8 aromatic rings. The molecule has 312 valence electrons. The van der Waals surface area contributed by atoms with Gasteiger partial charge in [-0.05, 0) is 111 Å². The van der Waals surface area contributed by atoms with E-state index in [1.54, 1.807) is 6.20 Å². The number of nitrogens with two attached hydrogens (primary N) is 2. The van der Waals surface area contributed by atoms with Crippen LogP contribution in [0.1, 0.15) is 44.2 Å². The van der Waals surface area contributed by atoms with Crippen molar-refractivity contribution in [3.8, 4) is 45.5 Å². The number of likely N-dealkylation sites (tertiary alicyclic amines) is 2. The zero-order chi connectivity index (χ0) is 42.0. The molecule has 0 aliphatic carbocycles. The Morgan fingerprint density at radius 3 is 1.79 bits per heavy atom. The van der Waals surface area contributed by atoms with Gasteiger partial charge in [-0.25, -0.2) is 24.3 Å². The number of para-hydroxylation sites is 2. The Morgan fingerprint density at radius 1 is 0.613 bits per heavy atom. The normalized spacial score (nSPS) is 17.1. The van der Waals surface area contributed by atoms with E-state index in [1.165, 1.54) is 6.33 Å². The van der Waals surface area contributed by atoms with E-state index in [0.29, 0.717) is 60.0 Å². The van der Waals surface area contributed by atoms with E-state index in [1.807, 2.05) is 130 Å². The van der Waals surface area contributed by atoms with Crippen LogP contribution in [0.5, 0.6) is 23.0 Å². The lowest BCUT2D eigenvalue weighted by Crippen LogP contribution is -2.43. The molecular weight excluding hydrogens is 779 g/mol. The van der Waals surface area contributed by atoms with Crippen molar-refractivity contribution < 1.29 is 14.3 Å². The Hall–Kier alpha value is -7.32. The third kappa shape index (κ3) is 7.87. The molecule has 6 heterocycles. The summed E-state index contributed by atoms with van der Waals surface area (Å²) in [6.07, 6.45) is 7.31. The van der Waals surface area contributed by atoms with Crippen LogP contribution in [0.4, 0.5) is 11.5 Å². The van der Waals surface area contributed by atoms with Crippen LogP contribution in [0, 0.1) is 0 Å². The number of carbonyl (C=O) groups excluding carboxylic acids is 1. The minimum Gasteiger partial charge on any atom is -0.457 e. The Kier molecular flexibility index (Phi) is 10.6. The van der Waals surface area contributed by atoms with E-state index in [9.17, 15) is 4.79 Å². The first-order valence-corrected chi connectivity index (χ1v) is 21.2. The van der Waals surface area contributed by atoms with Crippen LogP contribution in [-0.2, 0) is 4.79 Å². The zero-order valence-electron chi connectivity index (χ0n) is 34.3. The van der Waals surface area contributed by atoms with Gasteiger partial charge in [0, 0.05) is 55.6 Å². The van der Waals surface area contributed by atoms with Gasteiger partial charge >= 0.3 is 0 Å². The molecule has 4 N–H and O–H groups in total. The smallest absolute Gasteiger partial charge is 0.223 e. The lowest BCUT2D eigenvalue weighted by atomic mass is 10.0. The summed E-state index contributed by atoms with van der Waals surface area (Å²) in [5.74, 6) is 3.50. The van der Waals surface area contributed by atoms with Gasteiger partial charge in [0.05, 0.1) is 22.9 Å². The molecule has 2 fully saturated rings. The number of pyridine rings is 1. The van der Waals surface area contributed by atoms with Gasteiger partial charge in [-0.3, -0.25) is 4.79 Å². The number of carbonyl (C=O) groups is 1. The van der Waals surface area contributed by atoms with Crippen molar-refractivity contribution in [1.29, 1.82) is 0 Å². The van der Waals surface area contributed by atoms with Gasteiger partial charge in [0.25, 0.3) is 0 Å². The number of benzene rings is 4. The fraction of sp³-hybridized carbons (Fsp3) is 0.250. The topological polar surface area (TPSA) is 168 Å². The van der Waals surface area contributed by atoms with Gasteiger partial charge in [0.1, 0.15) is 46.5 Å². The summed E-state index contributed by atoms with van der Waals surface area (Å²) in [7, 11) is 0. The minimum atomic E-state index is -0.0619. The SMILES string of the molecule is Nc1ccnc2c1c(-c1ccc(Oc3ccccc3)cc1)nn2C1CCCN(CCC(=O)N2CCC[C@@H](n3nc(-c4ccc(Oc5ccccc5)cc4)c4c(N)ncnc43)C2)C1. The number of aromatic nitrogens is 7. The quantitative estimate of drug-likeness (QED) is 0.128. The number of fused-ring (bicyclic) bond motifs is 2. The first kappa shape index (κ1) is 38.9. The van der Waals surface area contributed by atoms with Crippen LogP contribution >= 0.6 is 0 Å². The number of rotatable bonds is 11. The Bertz CT molecular complexity index is 2830. The minimum absolute atomic E-state index is 0.0619. The van der Waals surface area contributed by atoms with Gasteiger partial charge in [-0.1, -0.05) is 36.4 Å². The molecule has 1 amide bonds. The molecule has 4 aromatic carbocycles. The number of anilines is 2. The van der Waals surface area contributed by atoms with Gasteiger partial charge in [-0.2, -0.15) is 10.2 Å². The third-order valence-corrected chi connectivity index (χ3v) is 11.9. The lowest BCUT2D eigenvalue weighted by molar-refractivity contribution is -0.133. The predicted octanol–water partition coefficient (Wildman–Crippen LogP) is 8.54. The summed E-state index contributed by atoms with van der Waals surface area (Å²) >= 11 is 0. The Labute approximate surface area is 358 Å². The fourth-order valence-corrected chi connectivity index (χ4v) is 8.83. The summed E-state index contributed by atoms with van der Waals surface area (Å²) in [5.41, 5.74) is 18.4. The highest BCUT2D eigenvalue weighted by molar-refractivity contribution is 6.00. The average Bonchev–Trinajstić information content (AvgIpc) is 3.91. The highest BCUT2D eigenvalue weighted by Crippen LogP contribution is 2.37. The van der Waals surface area contributed by atoms with Crippen molar-refractivity contribution in [3.05, 3.63) is 128 Å². The van der Waals surface area contributed by atoms with Crippen LogP contribution in [0.25, 0.3) is 44.6 Å². The van der Waals surface area contributed by atoms with E-state index < -0.39 is 0 Å². The van der Waals surface area contributed by atoms with E-state index in [4.69, 9.17) is 36.1 Å². The molecule has 62 heavy (non-hydrogen) atoms. The highest BCUT2D eigenvalue weighted by atomic mass is 16.5. The number of amides is 1. The van der Waals surface area contributed by atoms with Crippen LogP contribution in [0.3, 0.4) is 0 Å². The molecule has 1 unspecified atom stereocenters. The predicted molar refractivity (Wildman–Crippen MR) is 240 cm³/mol. The first-order valence-electron chi connectivity index (χ1n) is 21.2. The molecule has 2 atom stereocenters. The highest BCUT2D eigenvalue weighted by Gasteiger charge is 2.31. The number of piperidine rings is 2. The van der Waals surface area contributed by atoms with E-state index in [-0.39, 0.29) is 18.0 Å². The van der Waals surface area contributed by atoms with Crippen molar-refractivity contribution in [1.82, 2.24) is 44.3 Å². The summed E-state index contributed by atoms with van der Waals surface area (Å²) in [6.45, 7) is 3.58. The van der Waals surface area contributed by atoms with Crippen LogP contribution in [0.15, 0.2) is 128 Å². The maximum Gasteiger partial charge on any atom is 0.223 e. The second-order valence-corrected chi connectivity index (χ2v) is 16.0. The monoisotopic (exact) mass is 825 g/mol. The third-order valence-electron chi connectivity index (χ3n) is 11.9. The van der Waals surface area contributed by atoms with Crippen LogP contribution in [0.2, 0.25) is 0 Å². The van der Waals surface area contributed by atoms with Crippen molar-refractivity contribution >= 4 is 39.5 Å². The lowest BCUT2D eigenvalue weighted by Gasteiger charge is -2.35. The van der Waals surface area contributed by atoms with E-state index in [2.05, 4.69) is 14.9 Å². The number of nitrogen functional groups attached to an aromatic ring is 2. The molecule has 2 aliphatic heterocycles. The molecule has 2 aliphatic rings. The van der Waals surface area contributed by atoms with Crippen molar-refractivity contribution in [2.75, 3.05) is 44.2 Å². The summed E-state index contributed by atoms with van der Waals surface area (Å²) < 4.78 is 16.1. The molecule has 0 saturated carbocycles. The van der Waals surface area contributed by atoms with Gasteiger partial charge in [0.15, 0.2) is 11.3 Å².